The average molecular weight is 598 g/mol. The first-order chi connectivity index (χ1) is 18.1. The first kappa shape index (κ1) is 33.2. The van der Waals surface area contributed by atoms with E-state index in [-0.39, 0.29) is 34.2 Å². The van der Waals surface area contributed by atoms with E-state index in [2.05, 4.69) is 22.5 Å². The predicted octanol–water partition coefficient (Wildman–Crippen LogP) is 6.31. The van der Waals surface area contributed by atoms with Crippen LogP contribution in [0.3, 0.4) is 0 Å². The Morgan fingerprint density at radius 2 is 1.87 bits per heavy atom. The summed E-state index contributed by atoms with van der Waals surface area (Å²) >= 11 is 3.22. The number of carbonyl (C=O) groups is 1. The quantitative estimate of drug-likeness (QED) is 0.300. The minimum absolute atomic E-state index is 0.0970. The van der Waals surface area contributed by atoms with Crippen molar-refractivity contribution in [2.75, 3.05) is 13.1 Å². The van der Waals surface area contributed by atoms with E-state index in [1.54, 1.807) is 23.6 Å². The lowest BCUT2D eigenvalue weighted by atomic mass is 10.1. The van der Waals surface area contributed by atoms with E-state index in [1.807, 2.05) is 38.7 Å². The van der Waals surface area contributed by atoms with Crippen molar-refractivity contribution in [2.24, 2.45) is 0 Å². The lowest BCUT2D eigenvalue weighted by Gasteiger charge is -2.29. The molecule has 0 atom stereocenters. The van der Waals surface area contributed by atoms with Crippen LogP contribution in [0, 0.1) is 18.6 Å². The van der Waals surface area contributed by atoms with Crippen LogP contribution in [0.25, 0.3) is 0 Å². The third-order valence-corrected chi connectivity index (χ3v) is 6.62. The van der Waals surface area contributed by atoms with E-state index in [4.69, 9.17) is 4.74 Å². The molecule has 0 bridgehead atoms. The fourth-order valence-corrected chi connectivity index (χ4v) is 4.00. The van der Waals surface area contributed by atoms with Crippen molar-refractivity contribution < 1.29 is 23.4 Å². The summed E-state index contributed by atoms with van der Waals surface area (Å²) < 4.78 is 33.9. The molecule has 3 rings (SSSR count). The number of hydrogen-bond donors (Lipinski definition) is 1. The van der Waals surface area contributed by atoms with Crippen LogP contribution in [0.1, 0.15) is 58.2 Å². The summed E-state index contributed by atoms with van der Waals surface area (Å²) in [5, 5.41) is 9.25. The molecule has 1 amide bonds. The van der Waals surface area contributed by atoms with Gasteiger partial charge in [-0.05, 0) is 68.1 Å². The Labute approximate surface area is 232 Å². The maximum absolute atomic E-state index is 13.6. The molecule has 0 aliphatic carbocycles. The van der Waals surface area contributed by atoms with Gasteiger partial charge in [0.15, 0.2) is 0 Å². The first-order valence-corrected chi connectivity index (χ1v) is 13.6. The number of pyridine rings is 1. The van der Waals surface area contributed by atoms with Crippen LogP contribution in [-0.4, -0.2) is 39.7 Å². The van der Waals surface area contributed by atoms with Crippen molar-refractivity contribution in [2.45, 2.75) is 73.1 Å². The average Bonchev–Trinajstić information content (AvgIpc) is 2.91. The van der Waals surface area contributed by atoms with Crippen molar-refractivity contribution in [3.63, 3.8) is 0 Å². The number of aromatic nitrogens is 1. The first-order valence-electron chi connectivity index (χ1n) is 12.8. The maximum Gasteiger partial charge on any atom is 0.268 e. The number of piperidine rings is 1. The highest BCUT2D eigenvalue weighted by molar-refractivity contribution is 9.10. The molecule has 0 radical (unpaired) electrons. The highest BCUT2D eigenvalue weighted by Crippen LogP contribution is 2.24. The number of nitrogens with zero attached hydrogens (tertiary/aromatic N) is 2. The number of hydrogen-bond acceptors (Lipinski definition) is 4. The molecular formula is C29H39BrF2N2O4. The van der Waals surface area contributed by atoms with Crippen LogP contribution in [-0.2, 0) is 17.9 Å². The van der Waals surface area contributed by atoms with Crippen LogP contribution < -0.4 is 10.3 Å². The fourth-order valence-electron chi connectivity index (χ4n) is 3.55. The molecule has 0 saturated carbocycles. The molecule has 1 aliphatic rings. The van der Waals surface area contributed by atoms with Gasteiger partial charge in [-0.15, -0.1) is 6.58 Å². The molecule has 38 heavy (non-hydrogen) atoms. The molecule has 1 N–H and O–H groups in total. The summed E-state index contributed by atoms with van der Waals surface area (Å²) in [7, 11) is 0. The largest absolute Gasteiger partial charge is 0.487 e. The highest BCUT2D eigenvalue weighted by atomic mass is 79.9. The second kappa shape index (κ2) is 16.9. The van der Waals surface area contributed by atoms with E-state index >= 15 is 0 Å². The van der Waals surface area contributed by atoms with Gasteiger partial charge < -0.3 is 19.3 Å². The molecule has 1 fully saturated rings. The molecule has 1 aromatic heterocycles. The summed E-state index contributed by atoms with van der Waals surface area (Å²) in [6.07, 6.45) is 5.45. The Balaban J connectivity index is 0.000000408. The number of carbonyl (C=O) groups excluding carboxylic acids is 1. The Bertz CT molecular complexity index is 1160. The summed E-state index contributed by atoms with van der Waals surface area (Å²) in [4.78, 5) is 25.7. The normalized spacial score (nSPS) is 13.6. The molecule has 2 aromatic rings. The monoisotopic (exact) mass is 596 g/mol. The highest BCUT2D eigenvalue weighted by Gasteiger charge is 2.21. The Kier molecular flexibility index (Phi) is 14.8. The van der Waals surface area contributed by atoms with Crippen LogP contribution in [0.15, 0.2) is 57.8 Å². The van der Waals surface area contributed by atoms with Crippen molar-refractivity contribution in [3.05, 3.63) is 86.3 Å². The Hall–Kier alpha value is -2.78. The number of allylic oxidation sites excluding steroid dienone is 2. The molecule has 0 spiro atoms. The second-order valence-corrected chi connectivity index (χ2v) is 9.31. The van der Waals surface area contributed by atoms with Gasteiger partial charge in [0.05, 0.1) is 6.10 Å². The zero-order valence-corrected chi connectivity index (χ0v) is 24.5. The number of rotatable bonds is 7. The van der Waals surface area contributed by atoms with Crippen molar-refractivity contribution in [1.29, 1.82) is 0 Å². The number of aryl methyl sites for hydroxylation is 1. The van der Waals surface area contributed by atoms with Crippen LogP contribution in [0.5, 0.6) is 5.75 Å². The van der Waals surface area contributed by atoms with E-state index in [0.29, 0.717) is 44.6 Å². The Morgan fingerprint density at radius 3 is 2.42 bits per heavy atom. The number of amides is 1. The standard InChI is InChI=1S/C17H16BrF2NO2.C10H17NO2.C2H6/c1-3-4-7-21-11(2)8-15(16(18)17(21)22)23-10-12-5-6-13(19)9-14(12)20;1-3-8(2)10(13)11-6-4-9(12)5-7-11;1-2/h3,5-6,8-9H,1,4,7,10H2,2H3;3,9,12H,4-7H2,1-2H3;1-2H3/b;8-3+;. The maximum atomic E-state index is 13.6. The molecule has 6 nitrogen and oxygen atoms in total. The summed E-state index contributed by atoms with van der Waals surface area (Å²) in [6.45, 7) is 14.9. The molecule has 0 unspecified atom stereocenters. The van der Waals surface area contributed by atoms with Gasteiger partial charge in [0, 0.05) is 48.6 Å². The van der Waals surface area contributed by atoms with Crippen LogP contribution in [0.2, 0.25) is 0 Å². The second-order valence-electron chi connectivity index (χ2n) is 8.52. The number of likely N-dealkylation sites (tertiary alicyclic amines) is 1. The molecule has 1 saturated heterocycles. The van der Waals surface area contributed by atoms with Crippen LogP contribution in [0.4, 0.5) is 8.78 Å². The molecule has 1 aromatic carbocycles. The van der Waals surface area contributed by atoms with Crippen molar-refractivity contribution in [1.82, 2.24) is 9.47 Å². The number of halogens is 3. The molecular weight excluding hydrogens is 558 g/mol. The third-order valence-electron chi connectivity index (χ3n) is 5.89. The zero-order chi connectivity index (χ0) is 28.8. The SMILES string of the molecule is C/C=C(\C)C(=O)N1CCC(O)CC1.C=CCCn1c(C)cc(OCc2ccc(F)cc2F)c(Br)c1=O.CC. The summed E-state index contributed by atoms with van der Waals surface area (Å²) in [5.41, 5.74) is 1.51. The van der Waals surface area contributed by atoms with Gasteiger partial charge in [-0.2, -0.15) is 0 Å². The van der Waals surface area contributed by atoms with Gasteiger partial charge >= 0.3 is 0 Å². The van der Waals surface area contributed by atoms with E-state index in [1.165, 1.54) is 6.07 Å². The molecule has 210 valence electrons. The summed E-state index contributed by atoms with van der Waals surface area (Å²) in [5.74, 6) is -0.897. The van der Waals surface area contributed by atoms with E-state index in [0.717, 1.165) is 23.4 Å². The minimum atomic E-state index is -0.683. The minimum Gasteiger partial charge on any atom is -0.487 e. The zero-order valence-electron chi connectivity index (χ0n) is 22.9. The Morgan fingerprint density at radius 1 is 1.24 bits per heavy atom. The van der Waals surface area contributed by atoms with Crippen LogP contribution >= 0.6 is 15.9 Å². The molecule has 9 heteroatoms. The van der Waals surface area contributed by atoms with Gasteiger partial charge in [-0.25, -0.2) is 8.78 Å². The molecule has 1 aliphatic heterocycles. The van der Waals surface area contributed by atoms with Crippen molar-refractivity contribution >= 4 is 21.8 Å². The fraction of sp³-hybridized carbons (Fsp3) is 0.448. The third kappa shape index (κ3) is 9.83. The number of aliphatic hydroxyl groups excluding tert-OH is 1. The lowest BCUT2D eigenvalue weighted by Crippen LogP contribution is -2.40. The van der Waals surface area contributed by atoms with Gasteiger partial charge in [-0.3, -0.25) is 9.59 Å². The smallest absolute Gasteiger partial charge is 0.268 e. The van der Waals surface area contributed by atoms with Gasteiger partial charge in [0.25, 0.3) is 5.56 Å². The summed E-state index contributed by atoms with van der Waals surface area (Å²) in [6, 6.07) is 4.98. The van der Waals surface area contributed by atoms with Gasteiger partial charge in [0.1, 0.15) is 28.5 Å². The lowest BCUT2D eigenvalue weighted by molar-refractivity contribution is -0.129. The topological polar surface area (TPSA) is 71.8 Å². The van der Waals surface area contributed by atoms with E-state index < -0.39 is 11.6 Å². The molecule has 2 heterocycles. The number of ether oxygens (including phenoxy) is 1. The van der Waals surface area contributed by atoms with Gasteiger partial charge in [0.2, 0.25) is 5.91 Å². The van der Waals surface area contributed by atoms with E-state index in [9.17, 15) is 23.5 Å². The number of aliphatic hydroxyl groups is 1. The van der Waals surface area contributed by atoms with Crippen molar-refractivity contribution in [3.8, 4) is 5.75 Å². The number of benzene rings is 1. The predicted molar refractivity (Wildman–Crippen MR) is 151 cm³/mol. The van der Waals surface area contributed by atoms with Gasteiger partial charge in [-0.1, -0.05) is 26.0 Å².